The maximum atomic E-state index is 13.9. The van der Waals surface area contributed by atoms with E-state index in [4.69, 9.17) is 23.7 Å². The molecule has 1 aromatic heterocycles. The SMILES string of the molecule is C=CCOc1ccc([C@H]2C(C(=O)OCC)=C(C)N=c3s/c(=C\c4cc(OC)c(OC)cc4OC)c(=O)n32)cc1. The lowest BCUT2D eigenvalue weighted by atomic mass is 9.96. The molecule has 2 heterocycles. The second kappa shape index (κ2) is 12.0. The number of nitrogens with zero attached hydrogens (tertiary/aromatic N) is 2. The Morgan fingerprint density at radius 2 is 1.74 bits per heavy atom. The first-order chi connectivity index (χ1) is 18.9. The molecular formula is C29H30N2O7S. The summed E-state index contributed by atoms with van der Waals surface area (Å²) < 4.78 is 29.3. The van der Waals surface area contributed by atoms with Gasteiger partial charge in [0.05, 0.1) is 49.8 Å². The van der Waals surface area contributed by atoms with E-state index in [0.29, 0.717) is 55.8 Å². The molecule has 0 spiro atoms. The van der Waals surface area contributed by atoms with Crippen LogP contribution < -0.4 is 33.8 Å². The normalized spacial score (nSPS) is 14.8. The van der Waals surface area contributed by atoms with Crippen LogP contribution in [0.15, 0.2) is 70.1 Å². The van der Waals surface area contributed by atoms with Crippen LogP contribution in [0.25, 0.3) is 6.08 Å². The number of benzene rings is 2. The predicted octanol–water partition coefficient (Wildman–Crippen LogP) is 3.39. The highest BCUT2D eigenvalue weighted by Crippen LogP contribution is 2.35. The molecule has 204 valence electrons. The zero-order chi connectivity index (χ0) is 28.1. The van der Waals surface area contributed by atoms with Gasteiger partial charge in [-0.2, -0.15) is 0 Å². The van der Waals surface area contributed by atoms with Crippen molar-refractivity contribution in [1.29, 1.82) is 0 Å². The fourth-order valence-corrected chi connectivity index (χ4v) is 5.35. The number of aromatic nitrogens is 1. The van der Waals surface area contributed by atoms with Crippen LogP contribution in [0.1, 0.15) is 31.0 Å². The fraction of sp³-hybridized carbons (Fsp3) is 0.276. The highest BCUT2D eigenvalue weighted by atomic mass is 32.1. The average Bonchev–Trinajstić information content (AvgIpc) is 3.25. The first-order valence-electron chi connectivity index (χ1n) is 12.2. The molecule has 1 aliphatic heterocycles. The number of carbonyl (C=O) groups is 1. The zero-order valence-corrected chi connectivity index (χ0v) is 23.3. The molecule has 0 N–H and O–H groups in total. The Hall–Kier alpha value is -4.31. The van der Waals surface area contributed by atoms with E-state index in [1.54, 1.807) is 50.3 Å². The van der Waals surface area contributed by atoms with E-state index in [9.17, 15) is 9.59 Å². The van der Waals surface area contributed by atoms with Gasteiger partial charge in [-0.15, -0.1) is 0 Å². The molecule has 4 rings (SSSR count). The number of methoxy groups -OCH3 is 3. The quantitative estimate of drug-likeness (QED) is 0.282. The standard InChI is InChI=1S/C29H30N2O7S/c1-7-13-38-20-11-9-18(10-12-20)26-25(28(33)37-8-2)17(3)30-29-31(26)27(32)24(39-29)15-19-14-22(35-5)23(36-6)16-21(19)34-4/h7,9-12,14-16,26H,1,8,13H2,2-6H3/b24-15-/t26-/m0/s1. The lowest BCUT2D eigenvalue weighted by molar-refractivity contribution is -0.139. The monoisotopic (exact) mass is 550 g/mol. The lowest BCUT2D eigenvalue weighted by Gasteiger charge is -2.24. The summed E-state index contributed by atoms with van der Waals surface area (Å²) >= 11 is 1.22. The van der Waals surface area contributed by atoms with Gasteiger partial charge in [0, 0.05) is 11.6 Å². The van der Waals surface area contributed by atoms with Crippen molar-refractivity contribution in [3.63, 3.8) is 0 Å². The van der Waals surface area contributed by atoms with Crippen molar-refractivity contribution in [3.05, 3.63) is 91.1 Å². The van der Waals surface area contributed by atoms with Crippen LogP contribution in [-0.2, 0) is 9.53 Å². The maximum Gasteiger partial charge on any atom is 0.338 e. The topological polar surface area (TPSA) is 97.6 Å². The van der Waals surface area contributed by atoms with Crippen molar-refractivity contribution >= 4 is 23.4 Å². The Bertz CT molecular complexity index is 1600. The summed E-state index contributed by atoms with van der Waals surface area (Å²) in [4.78, 5) is 32.1. The van der Waals surface area contributed by atoms with Crippen molar-refractivity contribution in [1.82, 2.24) is 4.57 Å². The van der Waals surface area contributed by atoms with Crippen LogP contribution in [-0.4, -0.2) is 45.1 Å². The van der Waals surface area contributed by atoms with Gasteiger partial charge in [0.1, 0.15) is 18.1 Å². The Balaban J connectivity index is 1.92. The van der Waals surface area contributed by atoms with Crippen LogP contribution in [0, 0.1) is 0 Å². The number of hydrogen-bond donors (Lipinski definition) is 0. The van der Waals surface area contributed by atoms with Crippen molar-refractivity contribution in [2.75, 3.05) is 34.5 Å². The third-order valence-electron chi connectivity index (χ3n) is 6.10. The Morgan fingerprint density at radius 3 is 2.36 bits per heavy atom. The van der Waals surface area contributed by atoms with E-state index in [-0.39, 0.29) is 12.2 Å². The molecule has 0 saturated carbocycles. The molecule has 0 aliphatic carbocycles. The molecule has 1 atom stereocenters. The summed E-state index contributed by atoms with van der Waals surface area (Å²) in [5.74, 6) is 1.63. The highest BCUT2D eigenvalue weighted by molar-refractivity contribution is 7.07. The second-order valence-corrected chi connectivity index (χ2v) is 9.43. The third kappa shape index (κ3) is 5.46. The van der Waals surface area contributed by atoms with E-state index in [0.717, 1.165) is 5.56 Å². The van der Waals surface area contributed by atoms with Gasteiger partial charge >= 0.3 is 5.97 Å². The molecule has 2 aromatic carbocycles. The summed E-state index contributed by atoms with van der Waals surface area (Å²) in [5.41, 5.74) is 1.83. The van der Waals surface area contributed by atoms with Crippen molar-refractivity contribution in [3.8, 4) is 23.0 Å². The number of rotatable bonds is 10. The summed E-state index contributed by atoms with van der Waals surface area (Å²) in [7, 11) is 4.61. The third-order valence-corrected chi connectivity index (χ3v) is 7.09. The summed E-state index contributed by atoms with van der Waals surface area (Å²) in [6.07, 6.45) is 3.38. The lowest BCUT2D eigenvalue weighted by Crippen LogP contribution is -2.39. The van der Waals surface area contributed by atoms with Crippen LogP contribution in [0.5, 0.6) is 23.0 Å². The summed E-state index contributed by atoms with van der Waals surface area (Å²) in [5, 5.41) is 0. The van der Waals surface area contributed by atoms with E-state index in [2.05, 4.69) is 11.6 Å². The number of esters is 1. The van der Waals surface area contributed by atoms with Crippen LogP contribution in [0.4, 0.5) is 0 Å². The van der Waals surface area contributed by atoms with E-state index < -0.39 is 12.0 Å². The molecule has 10 heteroatoms. The number of ether oxygens (including phenoxy) is 5. The fourth-order valence-electron chi connectivity index (χ4n) is 4.32. The molecule has 0 amide bonds. The maximum absolute atomic E-state index is 13.9. The Labute approximate surface area is 229 Å². The molecule has 3 aromatic rings. The first-order valence-corrected chi connectivity index (χ1v) is 13.0. The van der Waals surface area contributed by atoms with Crippen LogP contribution >= 0.6 is 11.3 Å². The number of allylic oxidation sites excluding steroid dienone is 1. The number of thiazole rings is 1. The van der Waals surface area contributed by atoms with Gasteiger partial charge in [-0.3, -0.25) is 9.36 Å². The van der Waals surface area contributed by atoms with Crippen molar-refractivity contribution in [2.45, 2.75) is 19.9 Å². The van der Waals surface area contributed by atoms with Gasteiger partial charge in [0.25, 0.3) is 5.56 Å². The van der Waals surface area contributed by atoms with Crippen molar-refractivity contribution < 1.29 is 28.5 Å². The van der Waals surface area contributed by atoms with Crippen molar-refractivity contribution in [2.24, 2.45) is 4.99 Å². The van der Waals surface area contributed by atoms with Gasteiger partial charge in [0.15, 0.2) is 16.3 Å². The molecule has 0 radical (unpaired) electrons. The molecule has 0 bridgehead atoms. The van der Waals surface area contributed by atoms with Gasteiger partial charge in [-0.1, -0.05) is 36.1 Å². The molecule has 39 heavy (non-hydrogen) atoms. The van der Waals surface area contributed by atoms with Crippen LogP contribution in [0.2, 0.25) is 0 Å². The molecule has 9 nitrogen and oxygen atoms in total. The van der Waals surface area contributed by atoms with Gasteiger partial charge < -0.3 is 23.7 Å². The molecule has 0 unspecified atom stereocenters. The minimum absolute atomic E-state index is 0.195. The molecule has 0 fully saturated rings. The number of carbonyl (C=O) groups excluding carboxylic acids is 1. The smallest absolute Gasteiger partial charge is 0.338 e. The van der Waals surface area contributed by atoms with E-state index in [1.807, 2.05) is 12.1 Å². The predicted molar refractivity (Wildman–Crippen MR) is 149 cm³/mol. The summed E-state index contributed by atoms with van der Waals surface area (Å²) in [6.45, 7) is 7.70. The number of fused-ring (bicyclic) bond motifs is 1. The second-order valence-electron chi connectivity index (χ2n) is 8.42. The minimum Gasteiger partial charge on any atom is -0.496 e. The van der Waals surface area contributed by atoms with Crippen LogP contribution in [0.3, 0.4) is 0 Å². The average molecular weight is 551 g/mol. The van der Waals surface area contributed by atoms with Gasteiger partial charge in [0.2, 0.25) is 0 Å². The Morgan fingerprint density at radius 1 is 1.08 bits per heavy atom. The molecule has 0 saturated heterocycles. The molecule has 1 aliphatic rings. The largest absolute Gasteiger partial charge is 0.496 e. The first kappa shape index (κ1) is 27.7. The summed E-state index contributed by atoms with van der Waals surface area (Å²) in [6, 6.07) is 9.95. The molecular weight excluding hydrogens is 520 g/mol. The zero-order valence-electron chi connectivity index (χ0n) is 22.5. The number of hydrogen-bond acceptors (Lipinski definition) is 9. The highest BCUT2D eigenvalue weighted by Gasteiger charge is 2.33. The van der Waals surface area contributed by atoms with Gasteiger partial charge in [-0.05, 0) is 43.7 Å². The Kier molecular flexibility index (Phi) is 8.55. The van der Waals surface area contributed by atoms with E-state index in [1.165, 1.54) is 37.2 Å². The minimum atomic E-state index is -0.733. The van der Waals surface area contributed by atoms with E-state index >= 15 is 0 Å². The van der Waals surface area contributed by atoms with Gasteiger partial charge in [-0.25, -0.2) is 9.79 Å².